The van der Waals surface area contributed by atoms with Crippen molar-refractivity contribution in [2.24, 2.45) is 11.8 Å². The fraction of sp³-hybridized carbons (Fsp3) is 0.429. The number of hydrogen-bond acceptors (Lipinski definition) is 8. The molecule has 0 spiro atoms. The minimum atomic E-state index is -2.59. The Balaban J connectivity index is -0.000000163. The maximum absolute atomic E-state index is 10.3. The van der Waals surface area contributed by atoms with E-state index in [1.54, 1.807) is 0 Å². The van der Waals surface area contributed by atoms with Crippen molar-refractivity contribution >= 4 is 23.9 Å². The molecule has 0 aliphatic rings. The van der Waals surface area contributed by atoms with E-state index in [1.807, 2.05) is 0 Å². The molecule has 12 heteroatoms. The van der Waals surface area contributed by atoms with Gasteiger partial charge in [-0.2, -0.15) is 0 Å². The maximum Gasteiger partial charge on any atom is 1.00 e. The summed E-state index contributed by atoms with van der Waals surface area (Å²) in [5.74, 6) is -13.5. The molecule has 0 aromatic rings. The third-order valence-corrected chi connectivity index (χ3v) is 1.60. The molecule has 1 atom stereocenters. The van der Waals surface area contributed by atoms with Gasteiger partial charge in [-0.15, -0.1) is 0 Å². The van der Waals surface area contributed by atoms with E-state index < -0.39 is 42.1 Å². The van der Waals surface area contributed by atoms with Crippen LogP contribution in [0.5, 0.6) is 0 Å². The van der Waals surface area contributed by atoms with Crippen LogP contribution in [0.2, 0.25) is 0 Å². The second kappa shape index (κ2) is 16.3. The molecule has 0 aromatic carbocycles. The summed E-state index contributed by atoms with van der Waals surface area (Å²) in [6.07, 6.45) is -1.31. The van der Waals surface area contributed by atoms with Crippen molar-refractivity contribution in [1.29, 1.82) is 0 Å². The second-order valence-electron chi connectivity index (χ2n) is 2.62. The van der Waals surface area contributed by atoms with E-state index in [0.717, 1.165) is 0 Å². The van der Waals surface area contributed by atoms with Gasteiger partial charge in [0.2, 0.25) is 0 Å². The van der Waals surface area contributed by atoms with Gasteiger partial charge in [0, 0.05) is 23.8 Å². The number of aliphatic carboxylic acids is 4. The van der Waals surface area contributed by atoms with Crippen LogP contribution < -0.4 is 139 Å². The Bertz CT molecular complexity index is 306. The van der Waals surface area contributed by atoms with Crippen LogP contribution in [0.3, 0.4) is 0 Å². The van der Waals surface area contributed by atoms with E-state index in [9.17, 15) is 39.6 Å². The van der Waals surface area contributed by atoms with Crippen molar-refractivity contribution in [1.82, 2.24) is 0 Å². The van der Waals surface area contributed by atoms with Crippen molar-refractivity contribution in [3.8, 4) is 0 Å². The molecule has 84 valence electrons. The minimum Gasteiger partial charge on any atom is -0.550 e. The Morgan fingerprint density at radius 2 is 1.00 bits per heavy atom. The van der Waals surface area contributed by atoms with Crippen molar-refractivity contribution in [3.05, 3.63) is 0 Å². The summed E-state index contributed by atoms with van der Waals surface area (Å²) in [6.45, 7) is 0. The Kier molecular flexibility index (Phi) is 28.0. The number of rotatable bonds is 6. The van der Waals surface area contributed by atoms with Gasteiger partial charge in [0.05, 0.1) is 11.9 Å². The van der Waals surface area contributed by atoms with Gasteiger partial charge in [-0.05, 0) is 6.42 Å². The third kappa shape index (κ3) is 13.3. The molecule has 0 saturated heterocycles. The minimum absolute atomic E-state index is 0. The molecule has 0 rings (SSSR count). The van der Waals surface area contributed by atoms with E-state index in [2.05, 4.69) is 0 Å². The molecule has 19 heavy (non-hydrogen) atoms. The molecular formula is C7H4Na4O8. The van der Waals surface area contributed by atoms with Gasteiger partial charge in [0.25, 0.3) is 0 Å². The van der Waals surface area contributed by atoms with Gasteiger partial charge in [-0.3, -0.25) is 0 Å². The maximum atomic E-state index is 10.3. The molecule has 0 radical (unpaired) electrons. The quantitative estimate of drug-likeness (QED) is 0.345. The zero-order chi connectivity index (χ0) is 12.2. The van der Waals surface area contributed by atoms with Crippen LogP contribution in [0, 0.1) is 11.8 Å². The first kappa shape index (κ1) is 32.7. The largest absolute Gasteiger partial charge is 1.00 e. The van der Waals surface area contributed by atoms with Gasteiger partial charge in [-0.1, -0.05) is 0 Å². The predicted molar refractivity (Wildman–Crippen MR) is 31.6 cm³/mol. The van der Waals surface area contributed by atoms with E-state index in [1.165, 1.54) is 0 Å². The van der Waals surface area contributed by atoms with Gasteiger partial charge < -0.3 is 39.6 Å². The first-order valence-corrected chi connectivity index (χ1v) is 3.59. The molecule has 8 nitrogen and oxygen atoms in total. The van der Waals surface area contributed by atoms with Crippen LogP contribution in [0.15, 0.2) is 0 Å². The van der Waals surface area contributed by atoms with Crippen molar-refractivity contribution in [2.45, 2.75) is 6.42 Å². The molecule has 0 aromatic heterocycles. The summed E-state index contributed by atoms with van der Waals surface area (Å²) >= 11 is 0. The fourth-order valence-corrected chi connectivity index (χ4v) is 0.942. The van der Waals surface area contributed by atoms with Crippen molar-refractivity contribution in [2.75, 3.05) is 0 Å². The number of carboxylic acids is 4. The van der Waals surface area contributed by atoms with E-state index in [4.69, 9.17) is 0 Å². The summed E-state index contributed by atoms with van der Waals surface area (Å²) in [5, 5.41) is 40.8. The van der Waals surface area contributed by atoms with Crippen LogP contribution >= 0.6 is 0 Å². The summed E-state index contributed by atoms with van der Waals surface area (Å²) in [4.78, 5) is 40.8. The van der Waals surface area contributed by atoms with Gasteiger partial charge in [-0.25, -0.2) is 0 Å². The third-order valence-electron chi connectivity index (χ3n) is 1.60. The molecule has 0 aliphatic heterocycles. The summed E-state index contributed by atoms with van der Waals surface area (Å²) in [7, 11) is 0. The van der Waals surface area contributed by atoms with Gasteiger partial charge in [0.1, 0.15) is 0 Å². The second-order valence-corrected chi connectivity index (χ2v) is 2.62. The molecule has 0 N–H and O–H groups in total. The van der Waals surface area contributed by atoms with Crippen molar-refractivity contribution < 1.29 is 158 Å². The fourth-order valence-electron chi connectivity index (χ4n) is 0.942. The molecule has 0 fully saturated rings. The molecule has 0 heterocycles. The number of hydrogen-bond donors (Lipinski definition) is 0. The Morgan fingerprint density at radius 1 is 0.684 bits per heavy atom. The normalized spacial score (nSPS) is 9.53. The number of carbonyl (C=O) groups excluding carboxylic acids is 4. The van der Waals surface area contributed by atoms with Crippen LogP contribution in [0.1, 0.15) is 6.42 Å². The van der Waals surface area contributed by atoms with Crippen molar-refractivity contribution in [3.63, 3.8) is 0 Å². The first-order chi connectivity index (χ1) is 6.77. The Morgan fingerprint density at radius 3 is 1.16 bits per heavy atom. The Labute approximate surface area is 196 Å². The summed E-state index contributed by atoms with van der Waals surface area (Å²) in [5.41, 5.74) is 0. The van der Waals surface area contributed by atoms with Crippen LogP contribution in [0.4, 0.5) is 0 Å². The predicted octanol–water partition coefficient (Wildman–Crippen LogP) is -18.4. The molecular weight excluding hydrogens is 304 g/mol. The molecule has 0 saturated carbocycles. The summed E-state index contributed by atoms with van der Waals surface area (Å²) in [6, 6.07) is 0. The Hall–Kier alpha value is 1.88. The first-order valence-electron chi connectivity index (χ1n) is 3.59. The van der Waals surface area contributed by atoms with Crippen LogP contribution in [-0.4, -0.2) is 23.9 Å². The average Bonchev–Trinajstić information content (AvgIpc) is 2.00. The van der Waals surface area contributed by atoms with Gasteiger partial charge in [0.15, 0.2) is 0 Å². The molecule has 0 amide bonds. The molecule has 0 bridgehead atoms. The zero-order valence-corrected chi connectivity index (χ0v) is 19.1. The standard InChI is InChI=1S/C7H8O8.4Na/c8-3(9)1-2(5(10)11)4(6(12)13)7(14)15;;;;/h2,4H,1H2,(H,8,9)(H,10,11)(H,12,13)(H,14,15);;;;/q;4*+1/p-4. The van der Waals surface area contributed by atoms with Gasteiger partial charge >= 0.3 is 118 Å². The SMILES string of the molecule is O=C([O-])CC(C(=O)[O-])C(C(=O)[O-])C(=O)[O-].[Na+].[Na+].[Na+].[Na+]. The number of carbonyl (C=O) groups is 4. The van der Waals surface area contributed by atoms with E-state index in [0.29, 0.717) is 0 Å². The van der Waals surface area contributed by atoms with E-state index in [-0.39, 0.29) is 118 Å². The van der Waals surface area contributed by atoms with E-state index >= 15 is 0 Å². The topological polar surface area (TPSA) is 161 Å². The smallest absolute Gasteiger partial charge is 0.550 e. The van der Waals surface area contributed by atoms with Crippen LogP contribution in [0.25, 0.3) is 0 Å². The zero-order valence-electron chi connectivity index (χ0n) is 11.1. The molecule has 1 unspecified atom stereocenters. The number of carboxylic acid groups (broad SMARTS) is 4. The average molecular weight is 308 g/mol. The van der Waals surface area contributed by atoms with Crippen LogP contribution in [-0.2, 0) is 19.2 Å². The summed E-state index contributed by atoms with van der Waals surface area (Å²) < 4.78 is 0. The molecule has 0 aliphatic carbocycles. The monoisotopic (exact) mass is 308 g/mol.